The second-order valence-electron chi connectivity index (χ2n) is 5.40. The molecule has 146 valence electrons. The molecule has 0 unspecified atom stereocenters. The summed E-state index contributed by atoms with van der Waals surface area (Å²) >= 11 is 0. The van der Waals surface area contributed by atoms with E-state index in [9.17, 15) is 34.8 Å². The molecule has 7 nitrogen and oxygen atoms in total. The van der Waals surface area contributed by atoms with Crippen molar-refractivity contribution >= 4 is 25.6 Å². The van der Waals surface area contributed by atoms with E-state index >= 15 is 0 Å². The fourth-order valence-electron chi connectivity index (χ4n) is 2.02. The molecule has 27 heavy (non-hydrogen) atoms. The number of carbonyl (C=O) groups is 1. The maximum absolute atomic E-state index is 12.7. The summed E-state index contributed by atoms with van der Waals surface area (Å²) in [5, 5.41) is 0.891. The van der Waals surface area contributed by atoms with Crippen molar-refractivity contribution in [3.05, 3.63) is 53.7 Å². The summed E-state index contributed by atoms with van der Waals surface area (Å²) in [7, 11) is -9.19. The quantitative estimate of drug-likeness (QED) is 0.786. The van der Waals surface area contributed by atoms with Crippen LogP contribution in [0.3, 0.4) is 0 Å². The number of benzene rings is 1. The fraction of sp³-hybridized carbons (Fsp3) is 0.200. The molecule has 0 saturated carbocycles. The average Bonchev–Trinajstić information content (AvgIpc) is 2.58. The fourth-order valence-corrected chi connectivity index (χ4v) is 3.52. The van der Waals surface area contributed by atoms with Gasteiger partial charge in [-0.05, 0) is 29.8 Å². The first kappa shape index (κ1) is 20.8. The zero-order valence-electron chi connectivity index (χ0n) is 13.7. The number of halogens is 3. The van der Waals surface area contributed by atoms with Crippen molar-refractivity contribution in [2.45, 2.75) is 22.0 Å². The summed E-state index contributed by atoms with van der Waals surface area (Å²) in [5.41, 5.74) is -5.89. The lowest BCUT2D eigenvalue weighted by Crippen LogP contribution is -2.30. The molecule has 1 aromatic heterocycles. The van der Waals surface area contributed by atoms with Gasteiger partial charge in [0.15, 0.2) is 14.9 Å². The number of nitrogens with one attached hydrogen (secondary N) is 1. The molecule has 2 rings (SSSR count). The second-order valence-corrected chi connectivity index (χ2v) is 9.28. The third-order valence-electron chi connectivity index (χ3n) is 3.38. The van der Waals surface area contributed by atoms with Crippen LogP contribution in [0.2, 0.25) is 0 Å². The number of hydrogen-bond donors (Lipinski definition) is 1. The third kappa shape index (κ3) is 4.63. The lowest BCUT2D eigenvalue weighted by atomic mass is 10.2. The first-order valence-electron chi connectivity index (χ1n) is 7.17. The van der Waals surface area contributed by atoms with Crippen LogP contribution in [-0.4, -0.2) is 39.5 Å². The molecule has 1 heterocycles. The van der Waals surface area contributed by atoms with Crippen molar-refractivity contribution in [2.75, 3.05) is 6.26 Å². The predicted molar refractivity (Wildman–Crippen MR) is 88.2 cm³/mol. The summed E-state index contributed by atoms with van der Waals surface area (Å²) < 4.78 is 84.1. The van der Waals surface area contributed by atoms with Gasteiger partial charge < -0.3 is 5.32 Å². The van der Waals surface area contributed by atoms with E-state index < -0.39 is 41.7 Å². The van der Waals surface area contributed by atoms with Crippen molar-refractivity contribution in [3.63, 3.8) is 0 Å². The van der Waals surface area contributed by atoms with Gasteiger partial charge >= 0.3 is 5.51 Å². The number of amides is 1. The summed E-state index contributed by atoms with van der Waals surface area (Å²) in [5.74, 6) is -1.07. The van der Waals surface area contributed by atoms with E-state index in [1.165, 1.54) is 24.3 Å². The van der Waals surface area contributed by atoms with Gasteiger partial charge in [0.25, 0.3) is 15.7 Å². The van der Waals surface area contributed by atoms with E-state index in [1.54, 1.807) is 0 Å². The maximum Gasteiger partial charge on any atom is 0.503 e. The van der Waals surface area contributed by atoms with Crippen molar-refractivity contribution in [3.8, 4) is 0 Å². The number of sulfone groups is 2. The van der Waals surface area contributed by atoms with E-state index in [0.29, 0.717) is 5.56 Å². The first-order chi connectivity index (χ1) is 12.3. The Morgan fingerprint density at radius 3 is 2.19 bits per heavy atom. The minimum absolute atomic E-state index is 0.0587. The smallest absolute Gasteiger partial charge is 0.348 e. The highest BCUT2D eigenvalue weighted by atomic mass is 32.2. The van der Waals surface area contributed by atoms with Gasteiger partial charge in [0.2, 0.25) is 0 Å². The van der Waals surface area contributed by atoms with Gasteiger partial charge in [-0.25, -0.2) is 21.8 Å². The molecule has 1 N–H and O–H groups in total. The zero-order chi connectivity index (χ0) is 20.5. The Morgan fingerprint density at radius 2 is 1.67 bits per heavy atom. The van der Waals surface area contributed by atoms with Crippen LogP contribution in [0.15, 0.2) is 52.5 Å². The van der Waals surface area contributed by atoms with Crippen molar-refractivity contribution < 1.29 is 34.8 Å². The Labute approximate surface area is 153 Å². The monoisotopic (exact) mass is 422 g/mol. The van der Waals surface area contributed by atoms with Crippen molar-refractivity contribution in [1.29, 1.82) is 0 Å². The van der Waals surface area contributed by atoms with Crippen LogP contribution >= 0.6 is 0 Å². The normalized spacial score (nSPS) is 12.6. The molecular formula is C15H13F3N2O5S2. The van der Waals surface area contributed by atoms with Crippen LogP contribution in [0.1, 0.15) is 15.9 Å². The number of carbonyl (C=O) groups excluding carboxylic acids is 1. The van der Waals surface area contributed by atoms with Crippen LogP contribution in [0.5, 0.6) is 0 Å². The summed E-state index contributed by atoms with van der Waals surface area (Å²) in [6.45, 7) is -0.163. The van der Waals surface area contributed by atoms with Crippen LogP contribution in [0.4, 0.5) is 13.2 Å². The molecule has 0 spiro atoms. The van der Waals surface area contributed by atoms with Crippen LogP contribution in [0, 0.1) is 0 Å². The van der Waals surface area contributed by atoms with Crippen molar-refractivity contribution in [2.24, 2.45) is 0 Å². The van der Waals surface area contributed by atoms with Gasteiger partial charge in [-0.3, -0.25) is 4.79 Å². The minimum atomic E-state index is -5.80. The van der Waals surface area contributed by atoms with E-state index in [-0.39, 0.29) is 11.4 Å². The van der Waals surface area contributed by atoms with E-state index in [2.05, 4.69) is 10.3 Å². The van der Waals surface area contributed by atoms with E-state index in [1.807, 2.05) is 0 Å². The van der Waals surface area contributed by atoms with Crippen LogP contribution in [0.25, 0.3) is 0 Å². The summed E-state index contributed by atoms with van der Waals surface area (Å²) in [4.78, 5) is 15.4. The Bertz CT molecular complexity index is 1060. The Balaban J connectivity index is 2.23. The van der Waals surface area contributed by atoms with Crippen molar-refractivity contribution in [1.82, 2.24) is 10.3 Å². The van der Waals surface area contributed by atoms with Crippen LogP contribution < -0.4 is 5.32 Å². The molecule has 0 aliphatic carbocycles. The first-order valence-corrected chi connectivity index (χ1v) is 10.5. The maximum atomic E-state index is 12.7. The lowest BCUT2D eigenvalue weighted by Gasteiger charge is -2.12. The summed E-state index contributed by atoms with van der Waals surface area (Å²) in [6, 6.07) is 7.47. The number of nitrogens with zero attached hydrogens (tertiary/aromatic N) is 1. The molecule has 2 aromatic rings. The number of hydrogen-bond acceptors (Lipinski definition) is 6. The van der Waals surface area contributed by atoms with Gasteiger partial charge in [0, 0.05) is 19.0 Å². The molecule has 0 fully saturated rings. The van der Waals surface area contributed by atoms with E-state index in [0.717, 1.165) is 24.6 Å². The second kappa shape index (κ2) is 7.27. The molecule has 12 heteroatoms. The van der Waals surface area contributed by atoms with Gasteiger partial charge in [-0.15, -0.1) is 0 Å². The molecule has 1 aromatic carbocycles. The van der Waals surface area contributed by atoms with Gasteiger partial charge in [-0.2, -0.15) is 13.2 Å². The molecular weight excluding hydrogens is 409 g/mol. The molecule has 0 aliphatic heterocycles. The Morgan fingerprint density at radius 1 is 1.07 bits per heavy atom. The standard InChI is InChI=1S/C15H13F3N2O5S2/c1-26(22,23)11-6-4-10(5-7-11)9-20-13(21)12-3-2-8-19-14(12)27(24,25)15(16,17)18/h2-8H,9H2,1H3,(H,20,21). The number of rotatable bonds is 5. The Kier molecular flexibility index (Phi) is 5.61. The van der Waals surface area contributed by atoms with Gasteiger partial charge in [0.05, 0.1) is 10.5 Å². The minimum Gasteiger partial charge on any atom is -0.348 e. The van der Waals surface area contributed by atoms with Crippen LogP contribution in [-0.2, 0) is 26.2 Å². The molecule has 0 radical (unpaired) electrons. The largest absolute Gasteiger partial charge is 0.503 e. The highest BCUT2D eigenvalue weighted by Crippen LogP contribution is 2.30. The SMILES string of the molecule is CS(=O)(=O)c1ccc(CNC(=O)c2cccnc2S(=O)(=O)C(F)(F)F)cc1. The highest BCUT2D eigenvalue weighted by molar-refractivity contribution is 7.92. The topological polar surface area (TPSA) is 110 Å². The van der Waals surface area contributed by atoms with Gasteiger partial charge in [-0.1, -0.05) is 12.1 Å². The molecule has 0 bridgehead atoms. The predicted octanol–water partition coefficient (Wildman–Crippen LogP) is 1.71. The highest BCUT2D eigenvalue weighted by Gasteiger charge is 2.49. The Hall–Kier alpha value is -2.47. The molecule has 0 saturated heterocycles. The number of aromatic nitrogens is 1. The lowest BCUT2D eigenvalue weighted by molar-refractivity contribution is -0.0438. The van der Waals surface area contributed by atoms with E-state index in [4.69, 9.17) is 0 Å². The molecule has 0 atom stereocenters. The summed E-state index contributed by atoms with van der Waals surface area (Å²) in [6.07, 6.45) is 1.86. The molecule has 0 aliphatic rings. The van der Waals surface area contributed by atoms with Gasteiger partial charge in [0.1, 0.15) is 0 Å². The molecule has 1 amide bonds. The third-order valence-corrected chi connectivity index (χ3v) is 5.95. The number of pyridine rings is 1. The number of alkyl halides is 3. The average molecular weight is 422 g/mol. The zero-order valence-corrected chi connectivity index (χ0v) is 15.3.